The van der Waals surface area contributed by atoms with Crippen LogP contribution in [0.5, 0.6) is 5.75 Å². The van der Waals surface area contributed by atoms with Crippen LogP contribution in [0.25, 0.3) is 0 Å². The number of hydrogen-bond acceptors (Lipinski definition) is 3. The third-order valence-electron chi connectivity index (χ3n) is 4.57. The van der Waals surface area contributed by atoms with Gasteiger partial charge < -0.3 is 10.5 Å². The van der Waals surface area contributed by atoms with Gasteiger partial charge in [-0.2, -0.15) is 0 Å². The van der Waals surface area contributed by atoms with Gasteiger partial charge in [0, 0.05) is 11.6 Å². The van der Waals surface area contributed by atoms with Crippen LogP contribution >= 0.6 is 0 Å². The van der Waals surface area contributed by atoms with Crippen LogP contribution in [0.15, 0.2) is 24.3 Å². The van der Waals surface area contributed by atoms with Crippen LogP contribution in [0.3, 0.4) is 0 Å². The van der Waals surface area contributed by atoms with E-state index in [1.54, 1.807) is 0 Å². The Morgan fingerprint density at radius 2 is 2.06 bits per heavy atom. The molecule has 3 unspecified atom stereocenters. The molecule has 0 radical (unpaired) electrons. The summed E-state index contributed by atoms with van der Waals surface area (Å²) in [7, 11) is 2.19. The first kappa shape index (κ1) is 12.0. The average Bonchev–Trinajstić information content (AvgIpc) is 3.22. The lowest BCUT2D eigenvalue weighted by Crippen LogP contribution is -2.50. The fourth-order valence-corrected chi connectivity index (χ4v) is 2.96. The Bertz CT molecular complexity index is 430. The van der Waals surface area contributed by atoms with Gasteiger partial charge in [-0.3, -0.25) is 4.90 Å². The fraction of sp³-hybridized carbons (Fsp3) is 0.600. The zero-order chi connectivity index (χ0) is 12.7. The van der Waals surface area contributed by atoms with Crippen molar-refractivity contribution >= 4 is 0 Å². The molecule has 3 nitrogen and oxygen atoms in total. The van der Waals surface area contributed by atoms with Crippen LogP contribution in [0.2, 0.25) is 0 Å². The molecule has 2 N–H and O–H groups in total. The van der Waals surface area contributed by atoms with E-state index in [-0.39, 0.29) is 12.1 Å². The maximum Gasteiger partial charge on any atom is 0.124 e. The number of benzene rings is 1. The molecule has 0 saturated heterocycles. The maximum absolute atomic E-state index is 6.43. The third-order valence-corrected chi connectivity index (χ3v) is 4.57. The minimum atomic E-state index is 0.0566. The standard InChI is InChI=1S/C15H22N2O/c1-10(11-7-8-11)17(2)13-9-18-14-6-4-3-5-12(14)15(13)16/h3-6,10-11,13,15H,7-9,16H2,1-2H3. The number of ether oxygens (including phenoxy) is 1. The molecule has 18 heavy (non-hydrogen) atoms. The summed E-state index contributed by atoms with van der Waals surface area (Å²) in [6.07, 6.45) is 2.73. The maximum atomic E-state index is 6.43. The van der Waals surface area contributed by atoms with E-state index in [0.29, 0.717) is 12.6 Å². The SMILES string of the molecule is CC(C1CC1)N(C)C1COc2ccccc2C1N. The molecular weight excluding hydrogens is 224 g/mol. The molecular formula is C15H22N2O. The topological polar surface area (TPSA) is 38.5 Å². The predicted octanol–water partition coefficient (Wildman–Crippen LogP) is 2.18. The summed E-state index contributed by atoms with van der Waals surface area (Å²) in [6.45, 7) is 3.01. The zero-order valence-corrected chi connectivity index (χ0v) is 11.2. The first-order valence-corrected chi connectivity index (χ1v) is 6.87. The first-order chi connectivity index (χ1) is 8.68. The summed E-state index contributed by atoms with van der Waals surface area (Å²) in [5.41, 5.74) is 7.57. The molecule has 1 aliphatic heterocycles. The van der Waals surface area contributed by atoms with E-state index in [1.807, 2.05) is 18.2 Å². The monoisotopic (exact) mass is 246 g/mol. The second-order valence-electron chi connectivity index (χ2n) is 5.69. The predicted molar refractivity (Wildman–Crippen MR) is 72.6 cm³/mol. The Balaban J connectivity index is 1.79. The molecule has 1 fully saturated rings. The molecule has 0 spiro atoms. The van der Waals surface area contributed by atoms with E-state index in [1.165, 1.54) is 12.8 Å². The van der Waals surface area contributed by atoms with Crippen molar-refractivity contribution in [3.63, 3.8) is 0 Å². The van der Waals surface area contributed by atoms with Gasteiger partial charge in [0.1, 0.15) is 12.4 Å². The van der Waals surface area contributed by atoms with Gasteiger partial charge in [0.15, 0.2) is 0 Å². The third kappa shape index (κ3) is 2.02. The summed E-state index contributed by atoms with van der Waals surface area (Å²) < 4.78 is 5.86. The van der Waals surface area contributed by atoms with E-state index >= 15 is 0 Å². The highest BCUT2D eigenvalue weighted by Crippen LogP contribution is 2.38. The van der Waals surface area contributed by atoms with Crippen molar-refractivity contribution < 1.29 is 4.74 Å². The lowest BCUT2D eigenvalue weighted by Gasteiger charge is -2.40. The molecule has 1 aromatic rings. The second-order valence-corrected chi connectivity index (χ2v) is 5.69. The highest BCUT2D eigenvalue weighted by atomic mass is 16.5. The van der Waals surface area contributed by atoms with Gasteiger partial charge in [-0.05, 0) is 38.8 Å². The van der Waals surface area contributed by atoms with Crippen molar-refractivity contribution in [1.82, 2.24) is 4.90 Å². The van der Waals surface area contributed by atoms with Crippen LogP contribution in [-0.4, -0.2) is 30.6 Å². The Hall–Kier alpha value is -1.06. The van der Waals surface area contributed by atoms with E-state index in [0.717, 1.165) is 17.2 Å². The number of fused-ring (bicyclic) bond motifs is 1. The van der Waals surface area contributed by atoms with Gasteiger partial charge in [0.05, 0.1) is 12.1 Å². The summed E-state index contributed by atoms with van der Waals surface area (Å²) in [4.78, 5) is 2.41. The van der Waals surface area contributed by atoms with Gasteiger partial charge in [-0.1, -0.05) is 18.2 Å². The Morgan fingerprint density at radius 1 is 1.33 bits per heavy atom. The van der Waals surface area contributed by atoms with Crippen molar-refractivity contribution in [2.75, 3.05) is 13.7 Å². The number of rotatable bonds is 3. The molecule has 3 atom stereocenters. The van der Waals surface area contributed by atoms with Crippen molar-refractivity contribution in [3.8, 4) is 5.75 Å². The van der Waals surface area contributed by atoms with Crippen LogP contribution in [0.4, 0.5) is 0 Å². The number of nitrogens with two attached hydrogens (primary N) is 1. The number of nitrogens with zero attached hydrogens (tertiary/aromatic N) is 1. The van der Waals surface area contributed by atoms with Crippen molar-refractivity contribution in [2.24, 2.45) is 11.7 Å². The Labute approximate surface area is 109 Å². The average molecular weight is 246 g/mol. The summed E-state index contributed by atoms with van der Waals surface area (Å²) in [5, 5.41) is 0. The lowest BCUT2D eigenvalue weighted by atomic mass is 9.95. The van der Waals surface area contributed by atoms with Crippen LogP contribution in [-0.2, 0) is 0 Å². The molecule has 1 saturated carbocycles. The lowest BCUT2D eigenvalue weighted by molar-refractivity contribution is 0.0830. The van der Waals surface area contributed by atoms with Gasteiger partial charge in [0.2, 0.25) is 0 Å². The highest BCUT2D eigenvalue weighted by molar-refractivity contribution is 5.38. The van der Waals surface area contributed by atoms with Crippen LogP contribution in [0, 0.1) is 5.92 Å². The number of para-hydroxylation sites is 1. The van der Waals surface area contributed by atoms with E-state index in [4.69, 9.17) is 10.5 Å². The van der Waals surface area contributed by atoms with E-state index in [9.17, 15) is 0 Å². The van der Waals surface area contributed by atoms with Gasteiger partial charge >= 0.3 is 0 Å². The van der Waals surface area contributed by atoms with E-state index < -0.39 is 0 Å². The van der Waals surface area contributed by atoms with Crippen molar-refractivity contribution in [1.29, 1.82) is 0 Å². The van der Waals surface area contributed by atoms with Gasteiger partial charge in [0.25, 0.3) is 0 Å². The van der Waals surface area contributed by atoms with Crippen molar-refractivity contribution in [2.45, 2.75) is 37.9 Å². The zero-order valence-electron chi connectivity index (χ0n) is 11.2. The molecule has 0 bridgehead atoms. The quantitative estimate of drug-likeness (QED) is 0.888. The highest BCUT2D eigenvalue weighted by Gasteiger charge is 2.37. The molecule has 2 aliphatic rings. The fourth-order valence-electron chi connectivity index (χ4n) is 2.96. The number of likely N-dealkylation sites (N-methyl/N-ethyl adjacent to an activating group) is 1. The molecule has 98 valence electrons. The Kier molecular flexibility index (Phi) is 3.04. The van der Waals surface area contributed by atoms with Crippen LogP contribution < -0.4 is 10.5 Å². The first-order valence-electron chi connectivity index (χ1n) is 6.87. The van der Waals surface area contributed by atoms with Crippen molar-refractivity contribution in [3.05, 3.63) is 29.8 Å². The summed E-state index contributed by atoms with van der Waals surface area (Å²) >= 11 is 0. The number of hydrogen-bond donors (Lipinski definition) is 1. The molecule has 3 heteroatoms. The van der Waals surface area contributed by atoms with E-state index in [2.05, 4.69) is 24.9 Å². The minimum absolute atomic E-state index is 0.0566. The van der Waals surface area contributed by atoms with Gasteiger partial charge in [-0.15, -0.1) is 0 Å². The largest absolute Gasteiger partial charge is 0.492 e. The summed E-state index contributed by atoms with van der Waals surface area (Å²) in [5.74, 6) is 1.81. The normalized spacial score (nSPS) is 28.7. The minimum Gasteiger partial charge on any atom is -0.492 e. The molecule has 0 aromatic heterocycles. The summed E-state index contributed by atoms with van der Waals surface area (Å²) in [6, 6.07) is 9.08. The Morgan fingerprint density at radius 3 is 2.78 bits per heavy atom. The molecule has 3 rings (SSSR count). The van der Waals surface area contributed by atoms with Crippen LogP contribution in [0.1, 0.15) is 31.4 Å². The molecule has 1 heterocycles. The molecule has 1 aromatic carbocycles. The molecule has 1 aliphatic carbocycles. The molecule has 0 amide bonds. The second kappa shape index (κ2) is 4.56. The van der Waals surface area contributed by atoms with Gasteiger partial charge in [-0.25, -0.2) is 0 Å². The smallest absolute Gasteiger partial charge is 0.124 e.